The number of carbonyl (C=O) groups is 1. The largest absolute Gasteiger partial charge is 0.496 e. The summed E-state index contributed by atoms with van der Waals surface area (Å²) in [5.74, 6) is 0.0736. The molecule has 4 aromatic rings. The number of benzene rings is 3. The molecule has 3 aromatic carbocycles. The lowest BCUT2D eigenvalue weighted by molar-refractivity contribution is 0.0953. The molecule has 0 fully saturated rings. The minimum absolute atomic E-state index is 0.0282. The van der Waals surface area contributed by atoms with E-state index in [2.05, 4.69) is 10.5 Å². The van der Waals surface area contributed by atoms with Crippen LogP contribution in [0.1, 0.15) is 21.5 Å². The number of aromatic nitrogens is 1. The summed E-state index contributed by atoms with van der Waals surface area (Å²) in [7, 11) is 1.58. The fraction of sp³-hybridized carbons (Fsp3) is 0.0800. The third-order valence-corrected chi connectivity index (χ3v) is 4.97. The molecule has 0 radical (unpaired) electrons. The first kappa shape index (κ1) is 20.1. The molecule has 0 unspecified atom stereocenters. The molecule has 6 heteroatoms. The van der Waals surface area contributed by atoms with Crippen LogP contribution >= 0.6 is 0 Å². The SMILES string of the molecule is COc1ccc2ccccc2c1/C=N\NC(=O)c1cccn(Cc2ccccc2)c1=O. The zero-order valence-electron chi connectivity index (χ0n) is 17.0. The number of hydrogen-bond donors (Lipinski definition) is 1. The summed E-state index contributed by atoms with van der Waals surface area (Å²) in [5.41, 5.74) is 3.83. The lowest BCUT2D eigenvalue weighted by atomic mass is 10.0. The van der Waals surface area contributed by atoms with Crippen molar-refractivity contribution in [1.29, 1.82) is 0 Å². The van der Waals surface area contributed by atoms with E-state index in [4.69, 9.17) is 4.74 Å². The lowest BCUT2D eigenvalue weighted by Crippen LogP contribution is -2.30. The van der Waals surface area contributed by atoms with Crippen molar-refractivity contribution in [3.05, 3.63) is 112 Å². The number of methoxy groups -OCH3 is 1. The van der Waals surface area contributed by atoms with Crippen LogP contribution < -0.4 is 15.7 Å². The van der Waals surface area contributed by atoms with Crippen molar-refractivity contribution in [3.63, 3.8) is 0 Å². The summed E-state index contributed by atoms with van der Waals surface area (Å²) in [6.45, 7) is 0.386. The van der Waals surface area contributed by atoms with Gasteiger partial charge in [-0.2, -0.15) is 5.10 Å². The van der Waals surface area contributed by atoms with E-state index >= 15 is 0 Å². The molecule has 0 atom stereocenters. The summed E-state index contributed by atoms with van der Waals surface area (Å²) < 4.78 is 6.93. The van der Waals surface area contributed by atoms with Crippen molar-refractivity contribution >= 4 is 22.9 Å². The molecule has 0 saturated carbocycles. The molecule has 0 aliphatic rings. The van der Waals surface area contributed by atoms with Crippen LogP contribution in [0.3, 0.4) is 0 Å². The Labute approximate surface area is 179 Å². The molecule has 0 aliphatic heterocycles. The quantitative estimate of drug-likeness (QED) is 0.387. The lowest BCUT2D eigenvalue weighted by Gasteiger charge is -2.09. The number of carbonyl (C=O) groups excluding carboxylic acids is 1. The summed E-state index contributed by atoms with van der Waals surface area (Å²) in [6, 6.07) is 24.4. The van der Waals surface area contributed by atoms with Gasteiger partial charge in [0.1, 0.15) is 11.3 Å². The predicted octanol–water partition coefficient (Wildman–Crippen LogP) is 3.82. The highest BCUT2D eigenvalue weighted by Gasteiger charge is 2.12. The molecule has 0 bridgehead atoms. The van der Waals surface area contributed by atoms with Gasteiger partial charge < -0.3 is 9.30 Å². The van der Waals surface area contributed by atoms with Crippen LogP contribution in [0.2, 0.25) is 0 Å². The maximum absolute atomic E-state index is 12.8. The Morgan fingerprint density at radius 2 is 1.77 bits per heavy atom. The Balaban J connectivity index is 1.56. The predicted molar refractivity (Wildman–Crippen MR) is 122 cm³/mol. The number of pyridine rings is 1. The number of rotatable bonds is 6. The molecular formula is C25H21N3O3. The number of ether oxygens (including phenoxy) is 1. The van der Waals surface area contributed by atoms with Crippen molar-refractivity contribution in [2.24, 2.45) is 5.10 Å². The summed E-state index contributed by atoms with van der Waals surface area (Å²) in [5, 5.41) is 6.06. The van der Waals surface area contributed by atoms with E-state index in [0.29, 0.717) is 12.3 Å². The molecule has 0 spiro atoms. The van der Waals surface area contributed by atoms with E-state index in [-0.39, 0.29) is 11.1 Å². The first-order chi connectivity index (χ1) is 15.2. The third kappa shape index (κ3) is 4.38. The Hall–Kier alpha value is -4.19. The van der Waals surface area contributed by atoms with Gasteiger partial charge in [-0.15, -0.1) is 0 Å². The van der Waals surface area contributed by atoms with E-state index in [9.17, 15) is 9.59 Å². The van der Waals surface area contributed by atoms with Crippen LogP contribution in [-0.4, -0.2) is 23.8 Å². The average Bonchev–Trinajstić information content (AvgIpc) is 2.81. The van der Waals surface area contributed by atoms with Gasteiger partial charge in [0.15, 0.2) is 0 Å². The van der Waals surface area contributed by atoms with Gasteiger partial charge in [-0.1, -0.05) is 60.7 Å². The topological polar surface area (TPSA) is 72.7 Å². The Morgan fingerprint density at radius 3 is 2.58 bits per heavy atom. The monoisotopic (exact) mass is 411 g/mol. The van der Waals surface area contributed by atoms with Gasteiger partial charge in [-0.05, 0) is 34.5 Å². The minimum atomic E-state index is -0.567. The molecule has 154 valence electrons. The second kappa shape index (κ2) is 9.09. The normalized spacial score (nSPS) is 11.0. The third-order valence-electron chi connectivity index (χ3n) is 4.97. The molecule has 0 aliphatic carbocycles. The van der Waals surface area contributed by atoms with Gasteiger partial charge >= 0.3 is 0 Å². The fourth-order valence-corrected chi connectivity index (χ4v) is 3.42. The van der Waals surface area contributed by atoms with Crippen LogP contribution in [0.25, 0.3) is 10.8 Å². The maximum atomic E-state index is 12.8. The smallest absolute Gasteiger partial charge is 0.276 e. The van der Waals surface area contributed by atoms with E-state index in [1.165, 1.54) is 16.8 Å². The number of nitrogens with zero attached hydrogens (tertiary/aromatic N) is 2. The zero-order valence-corrected chi connectivity index (χ0v) is 17.0. The van der Waals surface area contributed by atoms with Crippen LogP contribution in [-0.2, 0) is 6.54 Å². The van der Waals surface area contributed by atoms with Crippen LogP contribution in [0.4, 0.5) is 0 Å². The molecule has 1 aromatic heterocycles. The first-order valence-corrected chi connectivity index (χ1v) is 9.80. The van der Waals surface area contributed by atoms with Gasteiger partial charge in [0.05, 0.1) is 19.9 Å². The van der Waals surface area contributed by atoms with E-state index < -0.39 is 5.91 Å². The molecule has 4 rings (SSSR count). The number of fused-ring (bicyclic) bond motifs is 1. The number of hydrazone groups is 1. The van der Waals surface area contributed by atoms with Crippen molar-refractivity contribution in [3.8, 4) is 5.75 Å². The van der Waals surface area contributed by atoms with Crippen molar-refractivity contribution in [2.45, 2.75) is 6.54 Å². The molecule has 6 nitrogen and oxygen atoms in total. The second-order valence-electron chi connectivity index (χ2n) is 6.94. The maximum Gasteiger partial charge on any atom is 0.276 e. The highest BCUT2D eigenvalue weighted by molar-refractivity contribution is 6.03. The molecule has 31 heavy (non-hydrogen) atoms. The van der Waals surface area contributed by atoms with Gasteiger partial charge in [0.25, 0.3) is 11.5 Å². The van der Waals surface area contributed by atoms with Gasteiger partial charge in [-0.3, -0.25) is 9.59 Å². The second-order valence-corrected chi connectivity index (χ2v) is 6.94. The van der Waals surface area contributed by atoms with E-state index in [1.807, 2.05) is 66.7 Å². The molecule has 0 saturated heterocycles. The Kier molecular flexibility index (Phi) is 5.89. The summed E-state index contributed by atoms with van der Waals surface area (Å²) in [6.07, 6.45) is 3.20. The number of hydrogen-bond acceptors (Lipinski definition) is 4. The Morgan fingerprint density at radius 1 is 1.00 bits per heavy atom. The Bertz CT molecular complexity index is 1310. The summed E-state index contributed by atoms with van der Waals surface area (Å²) >= 11 is 0. The fourth-order valence-electron chi connectivity index (χ4n) is 3.42. The zero-order chi connectivity index (χ0) is 21.6. The van der Waals surface area contributed by atoms with Gasteiger partial charge in [0, 0.05) is 11.8 Å². The van der Waals surface area contributed by atoms with Gasteiger partial charge in [0.2, 0.25) is 0 Å². The first-order valence-electron chi connectivity index (χ1n) is 9.80. The van der Waals surface area contributed by atoms with Gasteiger partial charge in [-0.25, -0.2) is 5.43 Å². The highest BCUT2D eigenvalue weighted by atomic mass is 16.5. The van der Waals surface area contributed by atoms with Crippen molar-refractivity contribution < 1.29 is 9.53 Å². The summed E-state index contributed by atoms with van der Waals surface area (Å²) in [4.78, 5) is 25.4. The van der Waals surface area contributed by atoms with Crippen LogP contribution in [0.15, 0.2) is 95.0 Å². The molecule has 1 amide bonds. The van der Waals surface area contributed by atoms with E-state index in [1.54, 1.807) is 19.4 Å². The molecule has 1 heterocycles. The van der Waals surface area contributed by atoms with Crippen molar-refractivity contribution in [2.75, 3.05) is 7.11 Å². The van der Waals surface area contributed by atoms with Crippen LogP contribution in [0, 0.1) is 0 Å². The highest BCUT2D eigenvalue weighted by Crippen LogP contribution is 2.26. The van der Waals surface area contributed by atoms with E-state index in [0.717, 1.165) is 21.9 Å². The van der Waals surface area contributed by atoms with Crippen LogP contribution in [0.5, 0.6) is 5.75 Å². The average molecular weight is 411 g/mol. The van der Waals surface area contributed by atoms with Crippen molar-refractivity contribution in [1.82, 2.24) is 9.99 Å². The minimum Gasteiger partial charge on any atom is -0.496 e. The molecule has 1 N–H and O–H groups in total. The number of amides is 1. The molecular weight excluding hydrogens is 390 g/mol. The standard InChI is InChI=1S/C25H21N3O3/c1-31-23-14-13-19-10-5-6-11-20(19)22(23)16-26-27-24(29)21-12-7-15-28(25(21)30)17-18-8-3-2-4-9-18/h2-16H,17H2,1H3,(H,27,29)/b26-16-. The number of nitrogens with one attached hydrogen (secondary N) is 1.